The molecule has 2 atom stereocenters. The molecule has 0 bridgehead atoms. The first-order valence-corrected chi connectivity index (χ1v) is 15.5. The van der Waals surface area contributed by atoms with Gasteiger partial charge < -0.3 is 34.8 Å². The number of hydrogen-bond donors (Lipinski definition) is 3. The van der Waals surface area contributed by atoms with E-state index in [2.05, 4.69) is 40.0 Å². The second-order valence-corrected chi connectivity index (χ2v) is 12.9. The lowest BCUT2D eigenvalue weighted by Gasteiger charge is -2.40. The standard InChI is InChI=1S/C14H28N2O3.C10H20N2O2.C4H9BrO/c1-12-11-16(13(18)19-14(2,3)4)9-8-15(12)7-5-6-10-17;1-8-7-12(6-5-11-8)9(13)14-10(2,3)4;5-3-1-2-4-6/h12,17H,5-11H2,1-4H3;8,11H,5-7H2,1-4H3;6H,1-4H2/t12-;8-;/m00./s1. The van der Waals surface area contributed by atoms with Gasteiger partial charge in [-0.1, -0.05) is 15.9 Å². The number of aliphatic hydroxyl groups is 2. The zero-order valence-electron chi connectivity index (χ0n) is 25.8. The average molecular weight is 626 g/mol. The van der Waals surface area contributed by atoms with E-state index in [4.69, 9.17) is 19.7 Å². The number of carbonyl (C=O) groups excluding carboxylic acids is 2. The van der Waals surface area contributed by atoms with Crippen LogP contribution in [0.1, 0.15) is 81.1 Å². The maximum Gasteiger partial charge on any atom is 0.410 e. The van der Waals surface area contributed by atoms with E-state index in [1.165, 1.54) is 0 Å². The van der Waals surface area contributed by atoms with E-state index in [1.807, 2.05) is 41.5 Å². The summed E-state index contributed by atoms with van der Waals surface area (Å²) in [6.07, 6.45) is 3.44. The van der Waals surface area contributed by atoms with Gasteiger partial charge in [-0.2, -0.15) is 0 Å². The van der Waals surface area contributed by atoms with Gasteiger partial charge in [0.05, 0.1) is 0 Å². The zero-order valence-corrected chi connectivity index (χ0v) is 27.4. The Morgan fingerprint density at radius 1 is 0.821 bits per heavy atom. The number of nitrogens with zero attached hydrogens (tertiary/aromatic N) is 3. The molecule has 2 amide bonds. The van der Waals surface area contributed by atoms with E-state index in [9.17, 15) is 9.59 Å². The molecule has 10 nitrogen and oxygen atoms in total. The maximum atomic E-state index is 12.0. The number of nitrogens with one attached hydrogen (secondary N) is 1. The lowest BCUT2D eigenvalue weighted by molar-refractivity contribution is 0.00546. The van der Waals surface area contributed by atoms with Crippen LogP contribution in [0.2, 0.25) is 0 Å². The number of piperazine rings is 2. The average Bonchev–Trinajstić information content (AvgIpc) is 2.82. The summed E-state index contributed by atoms with van der Waals surface area (Å²) in [6, 6.07) is 0.705. The van der Waals surface area contributed by atoms with Crippen molar-refractivity contribution in [2.75, 3.05) is 64.4 Å². The minimum atomic E-state index is -0.432. The minimum Gasteiger partial charge on any atom is -0.444 e. The fourth-order valence-corrected chi connectivity index (χ4v) is 4.27. The van der Waals surface area contributed by atoms with Crippen LogP contribution >= 0.6 is 15.9 Å². The highest BCUT2D eigenvalue weighted by atomic mass is 79.9. The monoisotopic (exact) mass is 624 g/mol. The van der Waals surface area contributed by atoms with Crippen LogP contribution in [0.5, 0.6) is 0 Å². The number of ether oxygens (including phenoxy) is 2. The first kappa shape index (κ1) is 37.9. The number of rotatable bonds is 7. The van der Waals surface area contributed by atoms with Crippen molar-refractivity contribution in [2.45, 2.75) is 104 Å². The summed E-state index contributed by atoms with van der Waals surface area (Å²) < 4.78 is 10.7. The molecule has 11 heteroatoms. The van der Waals surface area contributed by atoms with Gasteiger partial charge in [0.1, 0.15) is 11.2 Å². The molecule has 0 unspecified atom stereocenters. The molecule has 232 valence electrons. The van der Waals surface area contributed by atoms with Crippen molar-refractivity contribution in [2.24, 2.45) is 0 Å². The first-order chi connectivity index (χ1) is 18.1. The molecule has 2 fully saturated rings. The Morgan fingerprint density at radius 3 is 1.74 bits per heavy atom. The van der Waals surface area contributed by atoms with Crippen molar-refractivity contribution in [3.8, 4) is 0 Å². The molecule has 2 rings (SSSR count). The predicted octanol–water partition coefficient (Wildman–Crippen LogP) is 4.07. The van der Waals surface area contributed by atoms with E-state index >= 15 is 0 Å². The molecule has 0 saturated carbocycles. The Morgan fingerprint density at radius 2 is 1.33 bits per heavy atom. The third kappa shape index (κ3) is 19.6. The number of aliphatic hydroxyl groups excluding tert-OH is 2. The van der Waals surface area contributed by atoms with Gasteiger partial charge in [-0.3, -0.25) is 4.90 Å². The van der Waals surface area contributed by atoms with E-state index in [-0.39, 0.29) is 18.8 Å². The van der Waals surface area contributed by atoms with Crippen LogP contribution in [0, 0.1) is 0 Å². The van der Waals surface area contributed by atoms with Crippen LogP contribution in [0.4, 0.5) is 9.59 Å². The summed E-state index contributed by atoms with van der Waals surface area (Å²) in [6.45, 7) is 21.7. The van der Waals surface area contributed by atoms with Gasteiger partial charge in [-0.15, -0.1) is 0 Å². The number of amides is 2. The molecular formula is C28H57BrN4O6. The molecule has 2 aliphatic heterocycles. The van der Waals surface area contributed by atoms with E-state index in [0.717, 1.165) is 70.3 Å². The quantitative estimate of drug-likeness (QED) is 0.287. The van der Waals surface area contributed by atoms with Crippen LogP contribution in [0.25, 0.3) is 0 Å². The molecule has 2 heterocycles. The fraction of sp³-hybridized carbons (Fsp3) is 0.929. The number of halogens is 1. The maximum absolute atomic E-state index is 12.0. The van der Waals surface area contributed by atoms with Gasteiger partial charge in [0.2, 0.25) is 0 Å². The van der Waals surface area contributed by atoms with Crippen LogP contribution in [-0.4, -0.2) is 125 Å². The van der Waals surface area contributed by atoms with Crippen LogP contribution in [0.3, 0.4) is 0 Å². The molecule has 39 heavy (non-hydrogen) atoms. The van der Waals surface area contributed by atoms with Gasteiger partial charge in [0, 0.05) is 69.9 Å². The lowest BCUT2D eigenvalue weighted by Crippen LogP contribution is -2.54. The number of unbranched alkanes of at least 4 members (excludes halogenated alkanes) is 2. The summed E-state index contributed by atoms with van der Waals surface area (Å²) in [7, 11) is 0. The van der Waals surface area contributed by atoms with Crippen molar-refractivity contribution in [1.82, 2.24) is 20.0 Å². The van der Waals surface area contributed by atoms with Crippen LogP contribution in [-0.2, 0) is 9.47 Å². The van der Waals surface area contributed by atoms with E-state index < -0.39 is 11.2 Å². The zero-order chi connectivity index (χ0) is 30.1. The van der Waals surface area contributed by atoms with Gasteiger partial charge in [-0.05, 0) is 87.6 Å². The Balaban J connectivity index is 0.000000631. The topological polar surface area (TPSA) is 115 Å². The predicted molar refractivity (Wildman–Crippen MR) is 161 cm³/mol. The van der Waals surface area contributed by atoms with Crippen LogP contribution < -0.4 is 5.32 Å². The number of hydrogen-bond acceptors (Lipinski definition) is 8. The third-order valence-electron chi connectivity index (χ3n) is 5.83. The Bertz CT molecular complexity index is 667. The molecule has 0 aromatic heterocycles. The smallest absolute Gasteiger partial charge is 0.410 e. The highest BCUT2D eigenvalue weighted by Gasteiger charge is 2.29. The van der Waals surface area contributed by atoms with Gasteiger partial charge >= 0.3 is 12.2 Å². The normalized spacial score (nSPS) is 20.3. The first-order valence-electron chi connectivity index (χ1n) is 14.3. The highest BCUT2D eigenvalue weighted by Crippen LogP contribution is 2.15. The molecule has 0 spiro atoms. The molecule has 3 N–H and O–H groups in total. The van der Waals surface area contributed by atoms with Crippen molar-refractivity contribution in [3.05, 3.63) is 0 Å². The highest BCUT2D eigenvalue weighted by molar-refractivity contribution is 9.09. The molecule has 2 aliphatic rings. The van der Waals surface area contributed by atoms with Crippen molar-refractivity contribution in [3.63, 3.8) is 0 Å². The summed E-state index contributed by atoms with van der Waals surface area (Å²) in [5.74, 6) is 0. The largest absolute Gasteiger partial charge is 0.444 e. The second kappa shape index (κ2) is 19.9. The van der Waals surface area contributed by atoms with Crippen molar-refractivity contribution >= 4 is 28.1 Å². The summed E-state index contributed by atoms with van der Waals surface area (Å²) >= 11 is 3.24. The van der Waals surface area contributed by atoms with Gasteiger partial charge in [0.15, 0.2) is 0 Å². The molecular weight excluding hydrogens is 568 g/mol. The fourth-order valence-electron chi connectivity index (χ4n) is 3.88. The van der Waals surface area contributed by atoms with E-state index in [1.54, 1.807) is 9.80 Å². The molecule has 2 saturated heterocycles. The van der Waals surface area contributed by atoms with Crippen molar-refractivity contribution < 1.29 is 29.3 Å². The lowest BCUT2D eigenvalue weighted by atomic mass is 10.1. The Hall–Kier alpha value is -1.14. The minimum absolute atomic E-state index is 0.203. The summed E-state index contributed by atoms with van der Waals surface area (Å²) in [4.78, 5) is 29.5. The van der Waals surface area contributed by atoms with Crippen molar-refractivity contribution in [1.29, 1.82) is 0 Å². The number of carbonyl (C=O) groups is 2. The van der Waals surface area contributed by atoms with Gasteiger partial charge in [-0.25, -0.2) is 9.59 Å². The molecule has 0 aromatic carbocycles. The third-order valence-corrected chi connectivity index (χ3v) is 6.39. The summed E-state index contributed by atoms with van der Waals surface area (Å²) in [5.41, 5.74) is -0.830. The van der Waals surface area contributed by atoms with Crippen LogP contribution in [0.15, 0.2) is 0 Å². The molecule has 0 aromatic rings. The van der Waals surface area contributed by atoms with Gasteiger partial charge in [0.25, 0.3) is 0 Å². The van der Waals surface area contributed by atoms with E-state index in [0.29, 0.717) is 25.2 Å². The SMILES string of the molecule is C[C@H]1CN(C(=O)OC(C)(C)C)CCN1.C[C@H]1CN(C(=O)OC(C)(C)C)CCN1CCCCO.OCCCCBr. The summed E-state index contributed by atoms with van der Waals surface area (Å²) in [5, 5.41) is 21.3. The second-order valence-electron chi connectivity index (χ2n) is 12.1. The molecule has 0 radical (unpaired) electrons. The molecule has 0 aliphatic carbocycles. The Labute approximate surface area is 245 Å². The Kier molecular flexibility index (Phi) is 19.3. The number of alkyl halides is 1.